The summed E-state index contributed by atoms with van der Waals surface area (Å²) in [6, 6.07) is 4.22. The predicted octanol–water partition coefficient (Wildman–Crippen LogP) is 1.10. The standard InChI is InChI=1S/C15H15FN4O/c1-10-12(9-19-20-10)8-18-15(21)13-5-4-11(3-2-6-17)7-14(13)16/h4-5,7,9H,6,8,17H2,1H3,(H,18,21)(H,19,20). The molecule has 0 spiro atoms. The predicted molar refractivity (Wildman–Crippen MR) is 76.8 cm³/mol. The number of rotatable bonds is 3. The molecule has 6 heteroatoms. The Morgan fingerprint density at radius 3 is 2.95 bits per heavy atom. The molecule has 0 atom stereocenters. The summed E-state index contributed by atoms with van der Waals surface area (Å²) in [7, 11) is 0. The first-order chi connectivity index (χ1) is 10.1. The maximum absolute atomic E-state index is 13.9. The Bertz CT molecular complexity index is 712. The van der Waals surface area contributed by atoms with E-state index in [1.165, 1.54) is 12.1 Å². The van der Waals surface area contributed by atoms with Crippen LogP contribution in [-0.4, -0.2) is 22.6 Å². The molecule has 1 amide bonds. The Morgan fingerprint density at radius 2 is 2.33 bits per heavy atom. The number of halogens is 1. The van der Waals surface area contributed by atoms with E-state index >= 15 is 0 Å². The van der Waals surface area contributed by atoms with Gasteiger partial charge in [0.2, 0.25) is 0 Å². The maximum Gasteiger partial charge on any atom is 0.254 e. The van der Waals surface area contributed by atoms with Gasteiger partial charge in [0.05, 0.1) is 18.3 Å². The molecule has 0 aliphatic heterocycles. The van der Waals surface area contributed by atoms with Crippen molar-refractivity contribution in [1.29, 1.82) is 0 Å². The van der Waals surface area contributed by atoms with Crippen LogP contribution in [0.15, 0.2) is 24.4 Å². The molecule has 21 heavy (non-hydrogen) atoms. The van der Waals surface area contributed by atoms with Crippen molar-refractivity contribution in [2.24, 2.45) is 5.73 Å². The number of aryl methyl sites for hydroxylation is 1. The summed E-state index contributed by atoms with van der Waals surface area (Å²) in [5.74, 6) is 4.25. The van der Waals surface area contributed by atoms with Gasteiger partial charge in [0.25, 0.3) is 5.91 Å². The van der Waals surface area contributed by atoms with Crippen LogP contribution in [0.2, 0.25) is 0 Å². The highest BCUT2D eigenvalue weighted by Crippen LogP contribution is 2.10. The molecule has 108 valence electrons. The SMILES string of the molecule is Cc1[nH]ncc1CNC(=O)c1ccc(C#CCN)cc1F. The van der Waals surface area contributed by atoms with E-state index < -0.39 is 11.7 Å². The normalized spacial score (nSPS) is 9.86. The number of nitrogens with zero attached hydrogens (tertiary/aromatic N) is 1. The lowest BCUT2D eigenvalue weighted by Gasteiger charge is -2.06. The molecule has 5 nitrogen and oxygen atoms in total. The molecule has 1 aromatic heterocycles. The zero-order valence-corrected chi connectivity index (χ0v) is 11.5. The lowest BCUT2D eigenvalue weighted by atomic mass is 10.1. The van der Waals surface area contributed by atoms with Crippen LogP contribution >= 0.6 is 0 Å². The summed E-state index contributed by atoms with van der Waals surface area (Å²) in [4.78, 5) is 12.0. The number of nitrogens with one attached hydrogen (secondary N) is 2. The number of benzene rings is 1. The van der Waals surface area contributed by atoms with Crippen LogP contribution in [0.5, 0.6) is 0 Å². The first-order valence-corrected chi connectivity index (χ1v) is 6.37. The number of hydrogen-bond acceptors (Lipinski definition) is 3. The minimum Gasteiger partial charge on any atom is -0.348 e. The molecular formula is C15H15FN4O. The van der Waals surface area contributed by atoms with Crippen LogP contribution in [-0.2, 0) is 6.54 Å². The smallest absolute Gasteiger partial charge is 0.254 e. The topological polar surface area (TPSA) is 83.8 Å². The molecule has 0 saturated heterocycles. The van der Waals surface area contributed by atoms with E-state index in [0.29, 0.717) is 5.56 Å². The molecule has 4 N–H and O–H groups in total. The second kappa shape index (κ2) is 6.68. The molecule has 1 aromatic carbocycles. The van der Waals surface area contributed by atoms with Crippen molar-refractivity contribution in [2.45, 2.75) is 13.5 Å². The third-order valence-corrected chi connectivity index (χ3v) is 2.92. The maximum atomic E-state index is 13.9. The van der Waals surface area contributed by atoms with E-state index in [9.17, 15) is 9.18 Å². The average molecular weight is 286 g/mol. The minimum atomic E-state index is -0.611. The van der Waals surface area contributed by atoms with Crippen LogP contribution in [0, 0.1) is 24.6 Å². The zero-order chi connectivity index (χ0) is 15.2. The fraction of sp³-hybridized carbons (Fsp3) is 0.200. The molecule has 1 heterocycles. The molecule has 0 fully saturated rings. The van der Waals surface area contributed by atoms with Crippen molar-refractivity contribution in [3.05, 3.63) is 52.6 Å². The highest BCUT2D eigenvalue weighted by molar-refractivity contribution is 5.94. The summed E-state index contributed by atoms with van der Waals surface area (Å²) >= 11 is 0. The number of aromatic nitrogens is 2. The summed E-state index contributed by atoms with van der Waals surface area (Å²) in [6.45, 7) is 2.34. The highest BCUT2D eigenvalue weighted by Gasteiger charge is 2.12. The van der Waals surface area contributed by atoms with Crippen LogP contribution in [0.25, 0.3) is 0 Å². The molecular weight excluding hydrogens is 271 g/mol. The van der Waals surface area contributed by atoms with Gasteiger partial charge in [-0.2, -0.15) is 5.10 Å². The largest absolute Gasteiger partial charge is 0.348 e. The number of carbonyl (C=O) groups excluding carboxylic acids is 1. The molecule has 0 radical (unpaired) electrons. The van der Waals surface area contributed by atoms with Gasteiger partial charge in [-0.25, -0.2) is 4.39 Å². The number of nitrogens with two attached hydrogens (primary N) is 1. The highest BCUT2D eigenvalue weighted by atomic mass is 19.1. The summed E-state index contributed by atoms with van der Waals surface area (Å²) in [5, 5.41) is 9.27. The van der Waals surface area contributed by atoms with Gasteiger partial charge in [0.15, 0.2) is 0 Å². The van der Waals surface area contributed by atoms with Crippen molar-refractivity contribution in [2.75, 3.05) is 6.54 Å². The lowest BCUT2D eigenvalue weighted by molar-refractivity contribution is 0.0947. The molecule has 2 aromatic rings. The van der Waals surface area contributed by atoms with Gasteiger partial charge in [-0.15, -0.1) is 0 Å². The Morgan fingerprint density at radius 1 is 1.52 bits per heavy atom. The average Bonchev–Trinajstić information content (AvgIpc) is 2.88. The van der Waals surface area contributed by atoms with Gasteiger partial charge in [0.1, 0.15) is 5.82 Å². The van der Waals surface area contributed by atoms with Gasteiger partial charge in [-0.05, 0) is 25.1 Å². The summed E-state index contributed by atoms with van der Waals surface area (Å²) in [5.41, 5.74) is 7.44. The Labute approximate surface area is 121 Å². The van der Waals surface area contributed by atoms with Crippen molar-refractivity contribution >= 4 is 5.91 Å². The van der Waals surface area contributed by atoms with Gasteiger partial charge in [-0.3, -0.25) is 9.89 Å². The van der Waals surface area contributed by atoms with Gasteiger partial charge < -0.3 is 11.1 Å². The molecule has 0 aliphatic rings. The van der Waals surface area contributed by atoms with E-state index in [1.54, 1.807) is 12.3 Å². The molecule has 0 unspecified atom stereocenters. The first-order valence-electron chi connectivity index (χ1n) is 6.37. The van der Waals surface area contributed by atoms with Crippen LogP contribution in [0.4, 0.5) is 4.39 Å². The van der Waals surface area contributed by atoms with Gasteiger partial charge >= 0.3 is 0 Å². The first kappa shape index (κ1) is 14.8. The molecule has 0 bridgehead atoms. The Kier molecular flexibility index (Phi) is 4.69. The van der Waals surface area contributed by atoms with Crippen LogP contribution in [0.3, 0.4) is 0 Å². The summed E-state index contributed by atoms with van der Waals surface area (Å²) in [6.07, 6.45) is 1.62. The minimum absolute atomic E-state index is 0.0190. The fourth-order valence-electron chi connectivity index (χ4n) is 1.75. The number of carbonyl (C=O) groups is 1. The molecule has 0 aliphatic carbocycles. The summed E-state index contributed by atoms with van der Waals surface area (Å²) < 4.78 is 13.9. The van der Waals surface area contributed by atoms with Crippen molar-refractivity contribution < 1.29 is 9.18 Å². The number of H-pyrrole nitrogens is 1. The van der Waals surface area contributed by atoms with Crippen molar-refractivity contribution in [3.8, 4) is 11.8 Å². The Hall–Kier alpha value is -2.65. The third kappa shape index (κ3) is 3.68. The molecule has 0 saturated carbocycles. The van der Waals surface area contributed by atoms with E-state index in [2.05, 4.69) is 27.4 Å². The van der Waals surface area contributed by atoms with Gasteiger partial charge in [-0.1, -0.05) is 11.8 Å². The van der Waals surface area contributed by atoms with Crippen molar-refractivity contribution in [1.82, 2.24) is 15.5 Å². The fourth-order valence-corrected chi connectivity index (χ4v) is 1.75. The monoisotopic (exact) mass is 286 g/mol. The quantitative estimate of drug-likeness (QED) is 0.739. The van der Waals surface area contributed by atoms with E-state index in [-0.39, 0.29) is 18.7 Å². The van der Waals surface area contributed by atoms with E-state index in [1.807, 2.05) is 6.92 Å². The zero-order valence-electron chi connectivity index (χ0n) is 11.5. The lowest BCUT2D eigenvalue weighted by Crippen LogP contribution is -2.24. The molecule has 2 rings (SSSR count). The van der Waals surface area contributed by atoms with Crippen LogP contribution < -0.4 is 11.1 Å². The van der Waals surface area contributed by atoms with E-state index in [4.69, 9.17) is 5.73 Å². The number of amides is 1. The number of aromatic amines is 1. The second-order valence-corrected chi connectivity index (χ2v) is 4.40. The van der Waals surface area contributed by atoms with Gasteiger partial charge in [0, 0.05) is 23.4 Å². The second-order valence-electron chi connectivity index (χ2n) is 4.40. The van der Waals surface area contributed by atoms with Crippen LogP contribution in [0.1, 0.15) is 27.2 Å². The van der Waals surface area contributed by atoms with E-state index in [0.717, 1.165) is 11.3 Å². The third-order valence-electron chi connectivity index (χ3n) is 2.92. The Balaban J connectivity index is 2.07. The number of hydrogen-bond donors (Lipinski definition) is 3. The van der Waals surface area contributed by atoms with Crippen molar-refractivity contribution in [3.63, 3.8) is 0 Å².